The topological polar surface area (TPSA) is 37.4 Å². The molecule has 1 heterocycles. The van der Waals surface area contributed by atoms with E-state index in [-0.39, 0.29) is 17.9 Å². The van der Waals surface area contributed by atoms with Crippen LogP contribution < -0.4 is 0 Å². The lowest BCUT2D eigenvalue weighted by atomic mass is 10.1. The van der Waals surface area contributed by atoms with Gasteiger partial charge in [0.2, 0.25) is 11.8 Å². The van der Waals surface area contributed by atoms with Crippen LogP contribution in [0.3, 0.4) is 0 Å². The number of halogens is 1. The van der Waals surface area contributed by atoms with Crippen LogP contribution in [0.1, 0.15) is 31.4 Å². The summed E-state index contributed by atoms with van der Waals surface area (Å²) in [6.07, 6.45) is 0.689. The highest BCUT2D eigenvalue weighted by atomic mass is 79.9. The molecular weight excluding hydrogens is 270 g/mol. The van der Waals surface area contributed by atoms with Crippen molar-refractivity contribution in [2.45, 2.75) is 25.8 Å². The van der Waals surface area contributed by atoms with Crippen molar-refractivity contribution in [3.05, 3.63) is 34.3 Å². The number of carbonyl (C=O) groups excluding carboxylic acids is 2. The second-order valence-corrected chi connectivity index (χ2v) is 4.80. The molecule has 0 saturated carbocycles. The maximum atomic E-state index is 11.6. The van der Waals surface area contributed by atoms with Gasteiger partial charge in [-0.05, 0) is 24.6 Å². The van der Waals surface area contributed by atoms with Gasteiger partial charge in [-0.15, -0.1) is 0 Å². The van der Waals surface area contributed by atoms with Crippen LogP contribution in [0.2, 0.25) is 0 Å². The molecule has 1 atom stereocenters. The van der Waals surface area contributed by atoms with E-state index < -0.39 is 0 Å². The van der Waals surface area contributed by atoms with Crippen LogP contribution in [0.15, 0.2) is 28.7 Å². The highest BCUT2D eigenvalue weighted by Gasteiger charge is 2.33. The molecule has 1 aliphatic rings. The van der Waals surface area contributed by atoms with Crippen LogP contribution in [0.4, 0.5) is 0 Å². The SMILES string of the molecule is CC(c1cccc(Br)c1)N1C(=O)CCC1=O. The third kappa shape index (κ3) is 2.02. The minimum absolute atomic E-state index is 0.0718. The predicted molar refractivity (Wildman–Crippen MR) is 63.6 cm³/mol. The number of benzene rings is 1. The molecule has 1 fully saturated rings. The van der Waals surface area contributed by atoms with E-state index in [1.807, 2.05) is 31.2 Å². The maximum Gasteiger partial charge on any atom is 0.230 e. The molecule has 0 aromatic heterocycles. The Morgan fingerprint density at radius 1 is 1.25 bits per heavy atom. The summed E-state index contributed by atoms with van der Waals surface area (Å²) < 4.78 is 0.955. The summed E-state index contributed by atoms with van der Waals surface area (Å²) in [5.74, 6) is -0.144. The summed E-state index contributed by atoms with van der Waals surface area (Å²) in [6.45, 7) is 1.88. The number of hydrogen-bond donors (Lipinski definition) is 0. The number of nitrogens with zero attached hydrogens (tertiary/aromatic N) is 1. The Bertz CT molecular complexity index is 428. The minimum atomic E-state index is -0.181. The molecular formula is C12H12BrNO2. The molecule has 1 unspecified atom stereocenters. The average Bonchev–Trinajstić information content (AvgIpc) is 2.58. The van der Waals surface area contributed by atoms with Crippen molar-refractivity contribution in [3.63, 3.8) is 0 Å². The Labute approximate surface area is 103 Å². The van der Waals surface area contributed by atoms with Crippen molar-refractivity contribution >= 4 is 27.7 Å². The second-order valence-electron chi connectivity index (χ2n) is 3.89. The Balaban J connectivity index is 2.28. The molecule has 1 saturated heterocycles. The molecule has 4 heteroatoms. The zero-order chi connectivity index (χ0) is 11.7. The minimum Gasteiger partial charge on any atom is -0.275 e. The zero-order valence-corrected chi connectivity index (χ0v) is 10.5. The summed E-state index contributed by atoms with van der Waals surface area (Å²) >= 11 is 3.38. The van der Waals surface area contributed by atoms with Crippen LogP contribution in [0.25, 0.3) is 0 Å². The molecule has 0 bridgehead atoms. The fourth-order valence-corrected chi connectivity index (χ4v) is 2.36. The van der Waals surface area contributed by atoms with Crippen molar-refractivity contribution in [1.29, 1.82) is 0 Å². The van der Waals surface area contributed by atoms with Crippen molar-refractivity contribution in [2.24, 2.45) is 0 Å². The van der Waals surface area contributed by atoms with Gasteiger partial charge in [0.05, 0.1) is 6.04 Å². The summed E-state index contributed by atoms with van der Waals surface area (Å²) in [6, 6.07) is 7.50. The molecule has 3 nitrogen and oxygen atoms in total. The number of carbonyl (C=O) groups is 2. The highest BCUT2D eigenvalue weighted by molar-refractivity contribution is 9.10. The van der Waals surface area contributed by atoms with Crippen molar-refractivity contribution < 1.29 is 9.59 Å². The van der Waals surface area contributed by atoms with E-state index in [4.69, 9.17) is 0 Å². The number of imide groups is 1. The van der Waals surface area contributed by atoms with Crippen LogP contribution in [-0.2, 0) is 9.59 Å². The van der Waals surface area contributed by atoms with Gasteiger partial charge in [-0.2, -0.15) is 0 Å². The lowest BCUT2D eigenvalue weighted by Crippen LogP contribution is -2.31. The molecule has 84 valence electrons. The van der Waals surface area contributed by atoms with E-state index in [9.17, 15) is 9.59 Å². The smallest absolute Gasteiger partial charge is 0.230 e. The van der Waals surface area contributed by atoms with Gasteiger partial charge < -0.3 is 0 Å². The van der Waals surface area contributed by atoms with Gasteiger partial charge in [-0.25, -0.2) is 0 Å². The van der Waals surface area contributed by atoms with Gasteiger partial charge in [0, 0.05) is 17.3 Å². The van der Waals surface area contributed by atoms with E-state index >= 15 is 0 Å². The van der Waals surface area contributed by atoms with Gasteiger partial charge in [-0.1, -0.05) is 28.1 Å². The number of likely N-dealkylation sites (tertiary alicyclic amines) is 1. The van der Waals surface area contributed by atoms with Crippen molar-refractivity contribution in [2.75, 3.05) is 0 Å². The molecule has 0 radical (unpaired) electrons. The van der Waals surface area contributed by atoms with E-state index in [2.05, 4.69) is 15.9 Å². The van der Waals surface area contributed by atoms with Crippen molar-refractivity contribution in [1.82, 2.24) is 4.90 Å². The largest absolute Gasteiger partial charge is 0.275 e. The fourth-order valence-electron chi connectivity index (χ4n) is 1.94. The maximum absolute atomic E-state index is 11.6. The monoisotopic (exact) mass is 281 g/mol. The first-order valence-electron chi connectivity index (χ1n) is 5.20. The first-order chi connectivity index (χ1) is 7.59. The second kappa shape index (κ2) is 4.37. The van der Waals surface area contributed by atoms with E-state index in [1.54, 1.807) is 0 Å². The molecule has 0 N–H and O–H groups in total. The van der Waals surface area contributed by atoms with Gasteiger partial charge in [0.1, 0.15) is 0 Å². The van der Waals surface area contributed by atoms with Gasteiger partial charge in [-0.3, -0.25) is 14.5 Å². The van der Waals surface area contributed by atoms with E-state index in [0.29, 0.717) is 12.8 Å². The summed E-state index contributed by atoms with van der Waals surface area (Å²) in [5.41, 5.74) is 0.970. The summed E-state index contributed by atoms with van der Waals surface area (Å²) in [7, 11) is 0. The molecule has 2 rings (SSSR count). The lowest BCUT2D eigenvalue weighted by Gasteiger charge is -2.22. The molecule has 2 amide bonds. The van der Waals surface area contributed by atoms with Crippen LogP contribution in [0, 0.1) is 0 Å². The Morgan fingerprint density at radius 3 is 2.44 bits per heavy atom. The normalized spacial score (nSPS) is 18.0. The third-order valence-corrected chi connectivity index (χ3v) is 3.30. The number of amides is 2. The Kier molecular flexibility index (Phi) is 3.10. The molecule has 16 heavy (non-hydrogen) atoms. The van der Waals surface area contributed by atoms with Crippen LogP contribution >= 0.6 is 15.9 Å². The van der Waals surface area contributed by atoms with Gasteiger partial charge in [0.15, 0.2) is 0 Å². The van der Waals surface area contributed by atoms with Crippen LogP contribution in [0.5, 0.6) is 0 Å². The number of rotatable bonds is 2. The Hall–Kier alpha value is -1.16. The predicted octanol–water partition coefficient (Wildman–Crippen LogP) is 2.66. The fraction of sp³-hybridized carbons (Fsp3) is 0.333. The molecule has 1 aromatic carbocycles. The molecule has 0 aliphatic carbocycles. The quantitative estimate of drug-likeness (QED) is 0.782. The summed E-state index contributed by atoms with van der Waals surface area (Å²) in [5, 5.41) is 0. The van der Waals surface area contributed by atoms with Crippen molar-refractivity contribution in [3.8, 4) is 0 Å². The molecule has 1 aromatic rings. The zero-order valence-electron chi connectivity index (χ0n) is 8.94. The van der Waals surface area contributed by atoms with E-state index in [0.717, 1.165) is 10.0 Å². The Morgan fingerprint density at radius 2 is 1.88 bits per heavy atom. The number of hydrogen-bond acceptors (Lipinski definition) is 2. The third-order valence-electron chi connectivity index (χ3n) is 2.81. The summed E-state index contributed by atoms with van der Waals surface area (Å²) in [4.78, 5) is 24.5. The van der Waals surface area contributed by atoms with E-state index in [1.165, 1.54) is 4.90 Å². The molecule has 1 aliphatic heterocycles. The first kappa shape index (κ1) is 11.3. The molecule has 0 spiro atoms. The lowest BCUT2D eigenvalue weighted by molar-refractivity contribution is -0.140. The van der Waals surface area contributed by atoms with Crippen LogP contribution in [-0.4, -0.2) is 16.7 Å². The van der Waals surface area contributed by atoms with Gasteiger partial charge >= 0.3 is 0 Å². The standard InChI is InChI=1S/C12H12BrNO2/c1-8(9-3-2-4-10(13)7-9)14-11(15)5-6-12(14)16/h2-4,7-8H,5-6H2,1H3. The first-order valence-corrected chi connectivity index (χ1v) is 5.99. The highest BCUT2D eigenvalue weighted by Crippen LogP contribution is 2.27. The van der Waals surface area contributed by atoms with Gasteiger partial charge in [0.25, 0.3) is 0 Å². The average molecular weight is 282 g/mol.